The zero-order valence-corrected chi connectivity index (χ0v) is 12.6. The summed E-state index contributed by atoms with van der Waals surface area (Å²) < 4.78 is 15.9. The highest BCUT2D eigenvalue weighted by Gasteiger charge is 2.22. The van der Waals surface area contributed by atoms with Crippen LogP contribution >= 0.6 is 0 Å². The Hall–Kier alpha value is -2.49. The lowest BCUT2D eigenvalue weighted by Gasteiger charge is -2.15. The van der Waals surface area contributed by atoms with Crippen molar-refractivity contribution < 1.29 is 19.0 Å². The maximum atomic E-state index is 12.8. The van der Waals surface area contributed by atoms with Gasteiger partial charge in [-0.15, -0.1) is 0 Å². The molecule has 2 aromatic carbocycles. The molecule has 2 rings (SSSR count). The van der Waals surface area contributed by atoms with Crippen molar-refractivity contribution in [1.29, 1.82) is 0 Å². The summed E-state index contributed by atoms with van der Waals surface area (Å²) in [5.74, 6) is 1.30. The van der Waals surface area contributed by atoms with Crippen molar-refractivity contribution in [3.8, 4) is 17.2 Å². The van der Waals surface area contributed by atoms with Crippen LogP contribution < -0.4 is 14.2 Å². The fraction of sp³-hybridized carbons (Fsp3) is 0.235. The molecule has 0 radical (unpaired) electrons. The van der Waals surface area contributed by atoms with E-state index < -0.39 is 0 Å². The van der Waals surface area contributed by atoms with E-state index in [-0.39, 0.29) is 5.78 Å². The van der Waals surface area contributed by atoms with E-state index in [2.05, 4.69) is 0 Å². The van der Waals surface area contributed by atoms with Gasteiger partial charge in [-0.2, -0.15) is 0 Å². The fourth-order valence-corrected chi connectivity index (χ4v) is 2.19. The van der Waals surface area contributed by atoms with Crippen molar-refractivity contribution in [2.24, 2.45) is 0 Å². The Balaban J connectivity index is 2.62. The predicted octanol–water partition coefficient (Wildman–Crippen LogP) is 3.25. The van der Waals surface area contributed by atoms with Crippen LogP contribution in [0.15, 0.2) is 36.4 Å². The van der Waals surface area contributed by atoms with Crippen molar-refractivity contribution in [1.82, 2.24) is 0 Å². The predicted molar refractivity (Wildman–Crippen MR) is 80.7 cm³/mol. The topological polar surface area (TPSA) is 44.8 Å². The third kappa shape index (κ3) is 2.84. The molecule has 0 amide bonds. The second kappa shape index (κ2) is 6.31. The van der Waals surface area contributed by atoms with Crippen molar-refractivity contribution in [2.75, 3.05) is 21.3 Å². The SMILES string of the molecule is COc1cc(OC)c(C(=O)c2ccccc2C)c(OC)c1. The lowest BCUT2D eigenvalue weighted by molar-refractivity contribution is 0.103. The van der Waals surface area contributed by atoms with Gasteiger partial charge in [0.15, 0.2) is 0 Å². The molecular weight excluding hydrogens is 268 g/mol. The van der Waals surface area contributed by atoms with Gasteiger partial charge in [0.25, 0.3) is 0 Å². The summed E-state index contributed by atoms with van der Waals surface area (Å²) in [6.45, 7) is 1.90. The van der Waals surface area contributed by atoms with E-state index in [0.29, 0.717) is 28.4 Å². The van der Waals surface area contributed by atoms with Crippen LogP contribution in [0.5, 0.6) is 17.2 Å². The fourth-order valence-electron chi connectivity index (χ4n) is 2.19. The average molecular weight is 286 g/mol. The van der Waals surface area contributed by atoms with Crippen LogP contribution in [0.4, 0.5) is 0 Å². The largest absolute Gasteiger partial charge is 0.496 e. The minimum absolute atomic E-state index is 0.135. The number of hydrogen-bond donors (Lipinski definition) is 0. The van der Waals surface area contributed by atoms with Gasteiger partial charge in [-0.05, 0) is 12.5 Å². The number of benzene rings is 2. The zero-order chi connectivity index (χ0) is 15.4. The number of rotatable bonds is 5. The lowest BCUT2D eigenvalue weighted by Crippen LogP contribution is -2.08. The molecule has 0 bridgehead atoms. The molecule has 0 aliphatic heterocycles. The Kier molecular flexibility index (Phi) is 4.48. The molecule has 21 heavy (non-hydrogen) atoms. The second-order valence-corrected chi connectivity index (χ2v) is 4.55. The van der Waals surface area contributed by atoms with Crippen molar-refractivity contribution in [3.63, 3.8) is 0 Å². The third-order valence-corrected chi connectivity index (χ3v) is 3.33. The summed E-state index contributed by atoms with van der Waals surface area (Å²) in [6, 6.07) is 10.8. The Bertz CT molecular complexity index is 637. The summed E-state index contributed by atoms with van der Waals surface area (Å²) in [4.78, 5) is 12.8. The monoisotopic (exact) mass is 286 g/mol. The summed E-state index contributed by atoms with van der Waals surface area (Å²) in [7, 11) is 4.59. The Morgan fingerprint density at radius 3 is 1.95 bits per heavy atom. The molecule has 4 heteroatoms. The molecule has 0 aromatic heterocycles. The Morgan fingerprint density at radius 2 is 1.48 bits per heavy atom. The molecule has 0 aliphatic rings. The van der Waals surface area contributed by atoms with E-state index in [1.165, 1.54) is 14.2 Å². The number of aryl methyl sites for hydroxylation is 1. The van der Waals surface area contributed by atoms with E-state index in [4.69, 9.17) is 14.2 Å². The van der Waals surface area contributed by atoms with Gasteiger partial charge < -0.3 is 14.2 Å². The molecule has 0 aliphatic carbocycles. The number of carbonyl (C=O) groups is 1. The number of ether oxygens (including phenoxy) is 3. The van der Waals surface area contributed by atoms with E-state index >= 15 is 0 Å². The molecule has 0 N–H and O–H groups in total. The molecule has 0 saturated heterocycles. The molecule has 0 spiro atoms. The quantitative estimate of drug-likeness (QED) is 0.791. The zero-order valence-electron chi connectivity index (χ0n) is 12.6. The molecule has 4 nitrogen and oxygen atoms in total. The van der Waals surface area contributed by atoms with Crippen LogP contribution in [0.25, 0.3) is 0 Å². The van der Waals surface area contributed by atoms with Crippen LogP contribution in [0.1, 0.15) is 21.5 Å². The maximum Gasteiger partial charge on any atom is 0.200 e. The molecule has 0 atom stereocenters. The van der Waals surface area contributed by atoms with Crippen molar-refractivity contribution in [2.45, 2.75) is 6.92 Å². The summed E-state index contributed by atoms with van der Waals surface area (Å²) >= 11 is 0. The molecule has 110 valence electrons. The molecule has 0 unspecified atom stereocenters. The van der Waals surface area contributed by atoms with Gasteiger partial charge in [-0.3, -0.25) is 4.79 Å². The van der Waals surface area contributed by atoms with E-state index in [1.807, 2.05) is 25.1 Å². The molecular formula is C17H18O4. The molecule has 2 aromatic rings. The minimum atomic E-state index is -0.135. The van der Waals surface area contributed by atoms with Gasteiger partial charge in [0.05, 0.1) is 21.3 Å². The number of methoxy groups -OCH3 is 3. The Morgan fingerprint density at radius 1 is 0.905 bits per heavy atom. The number of hydrogen-bond acceptors (Lipinski definition) is 4. The highest BCUT2D eigenvalue weighted by molar-refractivity contribution is 6.13. The van der Waals surface area contributed by atoms with Gasteiger partial charge >= 0.3 is 0 Å². The van der Waals surface area contributed by atoms with Crippen LogP contribution in [-0.4, -0.2) is 27.1 Å². The normalized spacial score (nSPS) is 10.1. The average Bonchev–Trinajstić information content (AvgIpc) is 2.53. The summed E-state index contributed by atoms with van der Waals surface area (Å²) in [5, 5.41) is 0. The second-order valence-electron chi connectivity index (χ2n) is 4.55. The van der Waals surface area contributed by atoms with Crippen LogP contribution in [-0.2, 0) is 0 Å². The molecule has 0 fully saturated rings. The third-order valence-electron chi connectivity index (χ3n) is 3.33. The smallest absolute Gasteiger partial charge is 0.200 e. The van der Waals surface area contributed by atoms with Gasteiger partial charge in [0.2, 0.25) is 5.78 Å². The summed E-state index contributed by atoms with van der Waals surface area (Å²) in [5.41, 5.74) is 1.93. The Labute approximate surface area is 124 Å². The molecule has 0 heterocycles. The standard InChI is InChI=1S/C17H18O4/c1-11-7-5-6-8-13(11)17(18)16-14(20-3)9-12(19-2)10-15(16)21-4/h5-10H,1-4H3. The van der Waals surface area contributed by atoms with Crippen molar-refractivity contribution in [3.05, 3.63) is 53.1 Å². The van der Waals surface area contributed by atoms with Crippen LogP contribution in [0.3, 0.4) is 0 Å². The van der Waals surface area contributed by atoms with Gasteiger partial charge in [-0.1, -0.05) is 24.3 Å². The van der Waals surface area contributed by atoms with Crippen LogP contribution in [0, 0.1) is 6.92 Å². The lowest BCUT2D eigenvalue weighted by atomic mass is 9.97. The maximum absolute atomic E-state index is 12.8. The van der Waals surface area contributed by atoms with Gasteiger partial charge in [0, 0.05) is 17.7 Å². The minimum Gasteiger partial charge on any atom is -0.496 e. The highest BCUT2D eigenvalue weighted by Crippen LogP contribution is 2.35. The number of ketones is 1. The van der Waals surface area contributed by atoms with E-state index in [9.17, 15) is 4.79 Å². The van der Waals surface area contributed by atoms with E-state index in [1.54, 1.807) is 25.3 Å². The van der Waals surface area contributed by atoms with Crippen molar-refractivity contribution >= 4 is 5.78 Å². The first-order chi connectivity index (χ1) is 10.1. The first-order valence-electron chi connectivity index (χ1n) is 6.52. The first kappa shape index (κ1) is 14.9. The van der Waals surface area contributed by atoms with Gasteiger partial charge in [-0.25, -0.2) is 0 Å². The first-order valence-corrected chi connectivity index (χ1v) is 6.52. The highest BCUT2D eigenvalue weighted by atomic mass is 16.5. The van der Waals surface area contributed by atoms with Gasteiger partial charge in [0.1, 0.15) is 22.8 Å². The van der Waals surface area contributed by atoms with Crippen LogP contribution in [0.2, 0.25) is 0 Å². The van der Waals surface area contributed by atoms with E-state index in [0.717, 1.165) is 5.56 Å². The number of carbonyl (C=O) groups excluding carboxylic acids is 1. The molecule has 0 saturated carbocycles. The summed E-state index contributed by atoms with van der Waals surface area (Å²) in [6.07, 6.45) is 0.